The first kappa shape index (κ1) is 26.9. The lowest BCUT2D eigenvalue weighted by atomic mass is 10.1. The molecule has 0 saturated heterocycles. The lowest BCUT2D eigenvalue weighted by Crippen LogP contribution is -2.17. The number of ether oxygens (including phenoxy) is 1. The van der Waals surface area contributed by atoms with E-state index in [9.17, 15) is 39.5 Å². The average Bonchev–Trinajstić information content (AvgIpc) is 2.70. The number of nitrogens with one attached hydrogen (secondary N) is 2. The van der Waals surface area contributed by atoms with Crippen molar-refractivity contribution in [2.75, 3.05) is 10.6 Å². The molecule has 0 spiro atoms. The minimum Gasteiger partial charge on any atom is -0.406 e. The van der Waals surface area contributed by atoms with Crippen molar-refractivity contribution in [3.05, 3.63) is 59.7 Å². The highest BCUT2D eigenvalue weighted by Crippen LogP contribution is 2.40. The third-order valence-corrected chi connectivity index (χ3v) is 4.42. The van der Waals surface area contributed by atoms with Gasteiger partial charge in [0, 0.05) is 17.7 Å². The van der Waals surface area contributed by atoms with Crippen LogP contribution in [-0.2, 0) is 12.4 Å². The Labute approximate surface area is 198 Å². The summed E-state index contributed by atoms with van der Waals surface area (Å²) in [5, 5.41) is 5.17. The minimum absolute atomic E-state index is 0.00347. The van der Waals surface area contributed by atoms with Gasteiger partial charge in [-0.25, -0.2) is 4.98 Å². The fourth-order valence-corrected chi connectivity index (χ4v) is 3.04. The summed E-state index contributed by atoms with van der Waals surface area (Å²) in [6.45, 7) is 3.41. The Balaban J connectivity index is 2.08. The first-order chi connectivity index (χ1) is 16.5. The number of aromatic nitrogens is 2. The highest BCUT2D eigenvalue weighted by Gasteiger charge is 2.38. The average molecular weight is 524 g/mol. The van der Waals surface area contributed by atoms with Crippen LogP contribution in [0.2, 0.25) is 0 Å². The van der Waals surface area contributed by atoms with E-state index in [4.69, 9.17) is 0 Å². The lowest BCUT2D eigenvalue weighted by Gasteiger charge is -2.18. The van der Waals surface area contributed by atoms with Crippen molar-refractivity contribution in [3.8, 4) is 17.0 Å². The van der Waals surface area contributed by atoms with Gasteiger partial charge >= 0.3 is 18.7 Å². The Bertz CT molecular complexity index is 1220. The zero-order valence-electron chi connectivity index (χ0n) is 18.4. The van der Waals surface area contributed by atoms with Crippen LogP contribution in [0.15, 0.2) is 48.5 Å². The van der Waals surface area contributed by atoms with Crippen LogP contribution >= 0.6 is 0 Å². The molecule has 1 aromatic heterocycles. The number of nitrogens with zero attached hydrogens (tertiary/aromatic N) is 2. The van der Waals surface area contributed by atoms with Gasteiger partial charge in [-0.15, -0.1) is 13.2 Å². The summed E-state index contributed by atoms with van der Waals surface area (Å²) >= 11 is 0. The maximum absolute atomic E-state index is 13.5. The Hall–Kier alpha value is -3.71. The van der Waals surface area contributed by atoms with E-state index in [-0.39, 0.29) is 35.1 Å². The normalized spacial score (nSPS) is 12.6. The molecular weight excluding hydrogens is 507 g/mol. The summed E-state index contributed by atoms with van der Waals surface area (Å²) in [6, 6.07) is 6.63. The number of benzene rings is 2. The summed E-state index contributed by atoms with van der Waals surface area (Å²) in [6.07, 6.45) is -15.1. The molecule has 194 valence electrons. The number of anilines is 3. The zero-order valence-corrected chi connectivity index (χ0v) is 18.4. The molecule has 5 nitrogen and oxygen atoms in total. The largest absolute Gasteiger partial charge is 0.573 e. The molecule has 0 amide bonds. The summed E-state index contributed by atoms with van der Waals surface area (Å²) in [5.74, 6) is -0.906. The summed E-state index contributed by atoms with van der Waals surface area (Å²) in [7, 11) is 0. The molecule has 2 aromatic carbocycles. The van der Waals surface area contributed by atoms with Gasteiger partial charge in [-0.3, -0.25) is 0 Å². The molecule has 0 aliphatic rings. The van der Waals surface area contributed by atoms with Crippen LogP contribution in [0.5, 0.6) is 5.75 Å². The van der Waals surface area contributed by atoms with Crippen LogP contribution in [0, 0.1) is 0 Å². The van der Waals surface area contributed by atoms with Crippen LogP contribution < -0.4 is 15.4 Å². The van der Waals surface area contributed by atoms with Gasteiger partial charge < -0.3 is 15.4 Å². The van der Waals surface area contributed by atoms with E-state index < -0.39 is 41.3 Å². The molecule has 1 heterocycles. The predicted octanol–water partition coefficient (Wildman–Crippen LogP) is 7.64. The number of halogens is 9. The third kappa shape index (κ3) is 7.15. The van der Waals surface area contributed by atoms with E-state index in [2.05, 4.69) is 25.3 Å². The van der Waals surface area contributed by atoms with Crippen LogP contribution in [0.4, 0.5) is 57.0 Å². The van der Waals surface area contributed by atoms with E-state index >= 15 is 0 Å². The van der Waals surface area contributed by atoms with Gasteiger partial charge in [-0.2, -0.15) is 31.3 Å². The molecule has 36 heavy (non-hydrogen) atoms. The van der Waals surface area contributed by atoms with E-state index in [1.54, 1.807) is 13.8 Å². The van der Waals surface area contributed by atoms with Crippen LogP contribution in [-0.4, -0.2) is 22.4 Å². The van der Waals surface area contributed by atoms with Crippen LogP contribution in [0.1, 0.15) is 25.0 Å². The first-order valence-corrected chi connectivity index (χ1v) is 10.1. The SMILES string of the molecule is CC(C)Nc1nc(Nc2ccc(C(F)(F)F)cc2C(F)(F)F)cc(-c2cccc(OC(F)(F)F)c2)n1. The second kappa shape index (κ2) is 9.74. The van der Waals surface area contributed by atoms with E-state index in [1.807, 2.05) is 0 Å². The summed E-state index contributed by atoms with van der Waals surface area (Å²) in [4.78, 5) is 8.21. The van der Waals surface area contributed by atoms with Crippen molar-refractivity contribution in [1.82, 2.24) is 9.97 Å². The maximum Gasteiger partial charge on any atom is 0.573 e. The standard InChI is InChI=1S/C22H17F9N4O/c1-11(2)32-19-34-17(12-4-3-5-14(8-12)36-22(29,30)31)10-18(35-19)33-16-7-6-13(20(23,24)25)9-15(16)21(26,27)28/h3-11H,1-2H3,(H2,32,33,34,35). The molecule has 0 fully saturated rings. The fraction of sp³-hybridized carbons (Fsp3) is 0.273. The quantitative estimate of drug-likeness (QED) is 0.325. The molecule has 0 atom stereocenters. The molecule has 3 rings (SSSR count). The highest BCUT2D eigenvalue weighted by molar-refractivity contribution is 5.70. The molecule has 0 unspecified atom stereocenters. The Morgan fingerprint density at radius 1 is 0.806 bits per heavy atom. The molecule has 0 bridgehead atoms. The Kier molecular flexibility index (Phi) is 7.27. The lowest BCUT2D eigenvalue weighted by molar-refractivity contribution is -0.274. The molecule has 0 aliphatic carbocycles. The van der Waals surface area contributed by atoms with Gasteiger partial charge in [0.25, 0.3) is 0 Å². The van der Waals surface area contributed by atoms with Gasteiger partial charge in [0.05, 0.1) is 22.5 Å². The highest BCUT2D eigenvalue weighted by atomic mass is 19.4. The number of hydrogen-bond donors (Lipinski definition) is 2. The number of alkyl halides is 9. The zero-order chi connectivity index (χ0) is 26.9. The van der Waals surface area contributed by atoms with Gasteiger partial charge in [0.2, 0.25) is 5.95 Å². The number of rotatable bonds is 6. The van der Waals surface area contributed by atoms with Crippen molar-refractivity contribution in [2.45, 2.75) is 38.6 Å². The smallest absolute Gasteiger partial charge is 0.406 e. The third-order valence-electron chi connectivity index (χ3n) is 4.42. The van der Waals surface area contributed by atoms with Crippen LogP contribution in [0.3, 0.4) is 0 Å². The predicted molar refractivity (Wildman–Crippen MR) is 113 cm³/mol. The summed E-state index contributed by atoms with van der Waals surface area (Å²) in [5.41, 5.74) is -3.69. The van der Waals surface area contributed by atoms with Crippen molar-refractivity contribution >= 4 is 17.5 Å². The maximum atomic E-state index is 13.5. The molecule has 14 heteroatoms. The van der Waals surface area contributed by atoms with Crippen molar-refractivity contribution < 1.29 is 44.3 Å². The first-order valence-electron chi connectivity index (χ1n) is 10.1. The topological polar surface area (TPSA) is 59.1 Å². The summed E-state index contributed by atoms with van der Waals surface area (Å²) < 4.78 is 121. The van der Waals surface area contributed by atoms with Crippen molar-refractivity contribution in [2.24, 2.45) is 0 Å². The molecular formula is C22H17F9N4O. The monoisotopic (exact) mass is 524 g/mol. The van der Waals surface area contributed by atoms with Crippen molar-refractivity contribution in [1.29, 1.82) is 0 Å². The van der Waals surface area contributed by atoms with Crippen molar-refractivity contribution in [3.63, 3.8) is 0 Å². The molecule has 0 aliphatic heterocycles. The molecule has 3 aromatic rings. The van der Waals surface area contributed by atoms with E-state index in [0.717, 1.165) is 18.2 Å². The van der Waals surface area contributed by atoms with Crippen LogP contribution in [0.25, 0.3) is 11.3 Å². The molecule has 0 radical (unpaired) electrons. The van der Waals surface area contributed by atoms with E-state index in [1.165, 1.54) is 12.1 Å². The van der Waals surface area contributed by atoms with Gasteiger partial charge in [-0.1, -0.05) is 12.1 Å². The fourth-order valence-electron chi connectivity index (χ4n) is 3.04. The van der Waals surface area contributed by atoms with Gasteiger partial charge in [-0.05, 0) is 44.2 Å². The Morgan fingerprint density at radius 2 is 1.50 bits per heavy atom. The second-order valence-electron chi connectivity index (χ2n) is 7.72. The number of hydrogen-bond acceptors (Lipinski definition) is 5. The van der Waals surface area contributed by atoms with Gasteiger partial charge in [0.15, 0.2) is 0 Å². The molecule has 2 N–H and O–H groups in total. The van der Waals surface area contributed by atoms with E-state index in [0.29, 0.717) is 12.1 Å². The molecule has 0 saturated carbocycles. The second-order valence-corrected chi connectivity index (χ2v) is 7.72. The Morgan fingerprint density at radius 3 is 2.08 bits per heavy atom. The van der Waals surface area contributed by atoms with Gasteiger partial charge in [0.1, 0.15) is 11.6 Å². The minimum atomic E-state index is -5.14.